The molecule has 0 heterocycles. The van der Waals surface area contributed by atoms with E-state index in [1.807, 2.05) is 20.8 Å². The molecule has 0 spiro atoms. The van der Waals surface area contributed by atoms with Crippen molar-refractivity contribution in [1.82, 2.24) is 5.32 Å². The fraction of sp³-hybridized carbons (Fsp3) is 0.875. The van der Waals surface area contributed by atoms with Crippen LogP contribution >= 0.6 is 12.6 Å². The molecule has 0 aliphatic heterocycles. The maximum Gasteiger partial charge on any atom is 0.321 e. The van der Waals surface area contributed by atoms with Crippen LogP contribution in [0.25, 0.3) is 0 Å². The summed E-state index contributed by atoms with van der Waals surface area (Å²) in [6.45, 7) is 5.72. The molecule has 0 saturated heterocycles. The summed E-state index contributed by atoms with van der Waals surface area (Å²) < 4.78 is 0. The Morgan fingerprint density at radius 2 is 2.08 bits per heavy atom. The van der Waals surface area contributed by atoms with E-state index in [4.69, 9.17) is 5.11 Å². The van der Waals surface area contributed by atoms with Gasteiger partial charge in [-0.05, 0) is 12.8 Å². The molecule has 0 rings (SSSR count). The van der Waals surface area contributed by atoms with Gasteiger partial charge in [0.25, 0.3) is 0 Å². The highest BCUT2D eigenvalue weighted by molar-refractivity contribution is 7.80. The van der Waals surface area contributed by atoms with Crippen LogP contribution in [0.15, 0.2) is 0 Å². The lowest BCUT2D eigenvalue weighted by Gasteiger charge is -2.21. The summed E-state index contributed by atoms with van der Waals surface area (Å²) in [6, 6.07) is -0.484. The second-order valence-corrected chi connectivity index (χ2v) is 3.82. The lowest BCUT2D eigenvalue weighted by molar-refractivity contribution is -0.140. The number of rotatable bonds is 5. The van der Waals surface area contributed by atoms with Crippen LogP contribution in [0.3, 0.4) is 0 Å². The first-order valence-corrected chi connectivity index (χ1v) is 4.67. The maximum absolute atomic E-state index is 10.7. The van der Waals surface area contributed by atoms with Crippen LogP contribution in [0, 0.1) is 5.92 Å². The number of hydrogen-bond donors (Lipinski definition) is 3. The number of carboxylic acid groups (broad SMARTS) is 1. The molecule has 3 unspecified atom stereocenters. The Hall–Kier alpha value is -0.220. The van der Waals surface area contributed by atoms with Crippen molar-refractivity contribution >= 4 is 18.6 Å². The van der Waals surface area contributed by atoms with Crippen molar-refractivity contribution in [2.45, 2.75) is 38.6 Å². The molecule has 3 atom stereocenters. The summed E-state index contributed by atoms with van der Waals surface area (Å²) in [5, 5.41) is 11.6. The van der Waals surface area contributed by atoms with E-state index in [1.165, 1.54) is 0 Å². The first-order valence-electron chi connectivity index (χ1n) is 4.16. The molecular weight excluding hydrogens is 174 g/mol. The first kappa shape index (κ1) is 11.8. The van der Waals surface area contributed by atoms with Crippen molar-refractivity contribution in [2.24, 2.45) is 5.92 Å². The molecule has 12 heavy (non-hydrogen) atoms. The van der Waals surface area contributed by atoms with E-state index in [2.05, 4.69) is 17.9 Å². The third-order valence-corrected chi connectivity index (χ3v) is 2.05. The van der Waals surface area contributed by atoms with E-state index in [-0.39, 0.29) is 11.3 Å². The topological polar surface area (TPSA) is 49.3 Å². The maximum atomic E-state index is 10.7. The van der Waals surface area contributed by atoms with Crippen LogP contribution in [0.2, 0.25) is 0 Å². The van der Waals surface area contributed by atoms with E-state index >= 15 is 0 Å². The van der Waals surface area contributed by atoms with Gasteiger partial charge in [-0.3, -0.25) is 10.1 Å². The number of nitrogens with one attached hydrogen (secondary N) is 1. The van der Waals surface area contributed by atoms with Crippen LogP contribution in [-0.2, 0) is 4.79 Å². The Labute approximate surface area is 79.0 Å². The molecule has 2 N–H and O–H groups in total. The fourth-order valence-corrected chi connectivity index (χ4v) is 1.14. The Kier molecular flexibility index (Phi) is 5.33. The van der Waals surface area contributed by atoms with Crippen molar-refractivity contribution in [3.05, 3.63) is 0 Å². The Bertz CT molecular complexity index is 150. The van der Waals surface area contributed by atoms with Gasteiger partial charge < -0.3 is 5.11 Å². The first-order chi connectivity index (χ1) is 5.49. The number of aliphatic carboxylic acids is 1. The van der Waals surface area contributed by atoms with Crippen LogP contribution in [-0.4, -0.2) is 22.5 Å². The van der Waals surface area contributed by atoms with E-state index < -0.39 is 12.0 Å². The van der Waals surface area contributed by atoms with Gasteiger partial charge in [-0.1, -0.05) is 20.3 Å². The summed E-state index contributed by atoms with van der Waals surface area (Å²) >= 11 is 4.09. The van der Waals surface area contributed by atoms with Crippen molar-refractivity contribution < 1.29 is 9.90 Å². The molecule has 0 aromatic rings. The van der Waals surface area contributed by atoms with Gasteiger partial charge >= 0.3 is 5.97 Å². The van der Waals surface area contributed by atoms with Crippen LogP contribution < -0.4 is 5.32 Å². The molecule has 4 heteroatoms. The molecule has 0 amide bonds. The highest BCUT2D eigenvalue weighted by Crippen LogP contribution is 2.09. The Balaban J connectivity index is 4.13. The lowest BCUT2D eigenvalue weighted by atomic mass is 9.99. The molecular formula is C8H17NO2S. The Morgan fingerprint density at radius 1 is 1.58 bits per heavy atom. The SMILES string of the molecule is CCC(C)C(NC(C)S)C(=O)O. The lowest BCUT2D eigenvalue weighted by Crippen LogP contribution is -2.44. The van der Waals surface area contributed by atoms with Crippen LogP contribution in [0.5, 0.6) is 0 Å². The number of carbonyl (C=O) groups is 1. The minimum atomic E-state index is -0.801. The third kappa shape index (κ3) is 3.97. The second-order valence-electron chi connectivity index (χ2n) is 3.04. The number of thiol groups is 1. The molecule has 3 nitrogen and oxygen atoms in total. The molecule has 0 aliphatic rings. The highest BCUT2D eigenvalue weighted by atomic mass is 32.1. The monoisotopic (exact) mass is 191 g/mol. The van der Waals surface area contributed by atoms with Gasteiger partial charge in [0.1, 0.15) is 6.04 Å². The van der Waals surface area contributed by atoms with Gasteiger partial charge in [-0.2, -0.15) is 12.6 Å². The molecule has 72 valence electrons. The van der Waals surface area contributed by atoms with Crippen LogP contribution in [0.4, 0.5) is 0 Å². The highest BCUT2D eigenvalue weighted by Gasteiger charge is 2.23. The average molecular weight is 191 g/mol. The molecule has 0 bridgehead atoms. The minimum absolute atomic E-state index is 0.0832. The van der Waals surface area contributed by atoms with Crippen molar-refractivity contribution in [3.63, 3.8) is 0 Å². The largest absolute Gasteiger partial charge is 0.480 e. The van der Waals surface area contributed by atoms with E-state index in [0.717, 1.165) is 6.42 Å². The molecule has 0 radical (unpaired) electrons. The van der Waals surface area contributed by atoms with Gasteiger partial charge in [-0.15, -0.1) is 0 Å². The van der Waals surface area contributed by atoms with Gasteiger partial charge in [0.15, 0.2) is 0 Å². The van der Waals surface area contributed by atoms with Gasteiger partial charge in [0.05, 0.1) is 0 Å². The predicted octanol–water partition coefficient (Wildman–Crippen LogP) is 1.35. The van der Waals surface area contributed by atoms with Crippen molar-refractivity contribution in [3.8, 4) is 0 Å². The second kappa shape index (κ2) is 5.43. The predicted molar refractivity (Wildman–Crippen MR) is 52.5 cm³/mol. The number of carboxylic acids is 1. The van der Waals surface area contributed by atoms with E-state index in [1.54, 1.807) is 0 Å². The molecule has 0 aromatic carbocycles. The fourth-order valence-electron chi connectivity index (χ4n) is 0.975. The van der Waals surface area contributed by atoms with Gasteiger partial charge in [0, 0.05) is 5.37 Å². The normalized spacial score (nSPS) is 18.3. The van der Waals surface area contributed by atoms with E-state index in [0.29, 0.717) is 0 Å². The average Bonchev–Trinajstić information content (AvgIpc) is 1.98. The van der Waals surface area contributed by atoms with Crippen molar-refractivity contribution in [2.75, 3.05) is 0 Å². The molecule has 0 aliphatic carbocycles. The summed E-state index contributed by atoms with van der Waals surface area (Å²) in [7, 11) is 0. The summed E-state index contributed by atoms with van der Waals surface area (Å²) in [4.78, 5) is 10.7. The summed E-state index contributed by atoms with van der Waals surface area (Å²) in [6.07, 6.45) is 0.852. The van der Waals surface area contributed by atoms with Gasteiger partial charge in [-0.25, -0.2) is 0 Å². The molecule has 0 saturated carbocycles. The molecule has 0 aromatic heterocycles. The zero-order valence-electron chi connectivity index (χ0n) is 7.74. The Morgan fingerprint density at radius 3 is 2.33 bits per heavy atom. The smallest absolute Gasteiger partial charge is 0.321 e. The van der Waals surface area contributed by atoms with Crippen LogP contribution in [0.1, 0.15) is 27.2 Å². The third-order valence-electron chi connectivity index (χ3n) is 1.90. The summed E-state index contributed by atoms with van der Waals surface area (Å²) in [5.74, 6) is -0.664. The standard InChI is InChI=1S/C8H17NO2S/c1-4-5(2)7(8(10)11)9-6(3)12/h5-7,9,12H,4H2,1-3H3,(H,10,11). The quantitative estimate of drug-likeness (QED) is 0.454. The van der Waals surface area contributed by atoms with E-state index in [9.17, 15) is 4.79 Å². The number of hydrogen-bond acceptors (Lipinski definition) is 3. The minimum Gasteiger partial charge on any atom is -0.480 e. The summed E-state index contributed by atoms with van der Waals surface area (Å²) in [5.41, 5.74) is 0. The van der Waals surface area contributed by atoms with Crippen molar-refractivity contribution in [1.29, 1.82) is 0 Å². The zero-order valence-corrected chi connectivity index (χ0v) is 8.64. The molecule has 0 fully saturated rings. The zero-order chi connectivity index (χ0) is 9.72. The van der Waals surface area contributed by atoms with Gasteiger partial charge in [0.2, 0.25) is 0 Å².